The monoisotopic (exact) mass is 324 g/mol. The summed E-state index contributed by atoms with van der Waals surface area (Å²) in [5, 5.41) is 0. The zero-order valence-electron chi connectivity index (χ0n) is 14.1. The van der Waals surface area contributed by atoms with Crippen molar-refractivity contribution in [2.75, 3.05) is 13.1 Å². The lowest BCUT2D eigenvalue weighted by atomic mass is 10.0. The molecule has 0 N–H and O–H groups in total. The minimum absolute atomic E-state index is 0.154. The minimum atomic E-state index is 0.154. The molecule has 126 valence electrons. The Balaban J connectivity index is 1.42. The molecule has 0 aromatic carbocycles. The highest BCUT2D eigenvalue weighted by Crippen LogP contribution is 2.48. The molecule has 3 heterocycles. The molecular weight excluding hydrogens is 300 g/mol. The average molecular weight is 324 g/mol. The number of aryl methyl sites for hydroxylation is 1. The quantitative estimate of drug-likeness (QED) is 0.869. The molecule has 2 aromatic rings. The molecule has 0 radical (unpaired) electrons. The van der Waals surface area contributed by atoms with Gasteiger partial charge in [-0.25, -0.2) is 4.98 Å². The van der Waals surface area contributed by atoms with E-state index in [2.05, 4.69) is 38.6 Å². The van der Waals surface area contributed by atoms with E-state index in [1.807, 2.05) is 18.5 Å². The lowest BCUT2D eigenvalue weighted by molar-refractivity contribution is -0.134. The summed E-state index contributed by atoms with van der Waals surface area (Å²) in [5.74, 6) is 1.97. The number of likely N-dealkylation sites (tertiary alicyclic amines) is 1. The Labute approximate surface area is 142 Å². The molecule has 1 saturated heterocycles. The second-order valence-corrected chi connectivity index (χ2v) is 6.92. The topological polar surface area (TPSA) is 51.0 Å². The van der Waals surface area contributed by atoms with Crippen LogP contribution in [0.3, 0.4) is 0 Å². The van der Waals surface area contributed by atoms with Crippen molar-refractivity contribution in [2.24, 2.45) is 5.92 Å². The van der Waals surface area contributed by atoms with Crippen LogP contribution in [0.4, 0.5) is 0 Å². The molecule has 4 rings (SSSR count). The fraction of sp³-hybridized carbons (Fsp3) is 0.526. The number of hydrogen-bond acceptors (Lipinski definition) is 3. The van der Waals surface area contributed by atoms with Crippen molar-refractivity contribution >= 4 is 5.91 Å². The molecule has 24 heavy (non-hydrogen) atoms. The van der Waals surface area contributed by atoms with Gasteiger partial charge in [0.25, 0.3) is 0 Å². The summed E-state index contributed by atoms with van der Waals surface area (Å²) in [4.78, 5) is 23.6. The van der Waals surface area contributed by atoms with E-state index in [0.29, 0.717) is 17.9 Å². The van der Waals surface area contributed by atoms with Gasteiger partial charge in [-0.2, -0.15) is 0 Å². The molecule has 2 aromatic heterocycles. The molecule has 5 nitrogen and oxygen atoms in total. The van der Waals surface area contributed by atoms with Crippen LogP contribution in [0.5, 0.6) is 0 Å². The fourth-order valence-electron chi connectivity index (χ4n) is 4.00. The SMILES string of the molecule is CCc1nccn1[C@@H]1CCCN(C(=O)[C@@H]2C[C@H]2c2cccnc2)C1. The Morgan fingerprint density at radius 3 is 3.08 bits per heavy atom. The third kappa shape index (κ3) is 2.83. The number of nitrogens with zero attached hydrogens (tertiary/aromatic N) is 4. The van der Waals surface area contributed by atoms with Crippen molar-refractivity contribution < 1.29 is 4.79 Å². The minimum Gasteiger partial charge on any atom is -0.340 e. The van der Waals surface area contributed by atoms with Crippen molar-refractivity contribution in [3.05, 3.63) is 48.3 Å². The number of piperidine rings is 1. The van der Waals surface area contributed by atoms with Crippen LogP contribution >= 0.6 is 0 Å². The van der Waals surface area contributed by atoms with E-state index in [-0.39, 0.29) is 5.92 Å². The summed E-state index contributed by atoms with van der Waals surface area (Å²) in [6, 6.07) is 4.41. The van der Waals surface area contributed by atoms with Crippen molar-refractivity contribution in [1.29, 1.82) is 0 Å². The van der Waals surface area contributed by atoms with E-state index >= 15 is 0 Å². The lowest BCUT2D eigenvalue weighted by Gasteiger charge is -2.34. The third-order valence-corrected chi connectivity index (χ3v) is 5.39. The Bertz CT molecular complexity index is 711. The fourth-order valence-corrected chi connectivity index (χ4v) is 4.00. The lowest BCUT2D eigenvalue weighted by Crippen LogP contribution is -2.41. The number of pyridine rings is 1. The van der Waals surface area contributed by atoms with Crippen LogP contribution in [-0.2, 0) is 11.2 Å². The number of hydrogen-bond donors (Lipinski definition) is 0. The van der Waals surface area contributed by atoms with Crippen LogP contribution in [-0.4, -0.2) is 38.4 Å². The van der Waals surface area contributed by atoms with Crippen molar-refractivity contribution in [3.8, 4) is 0 Å². The van der Waals surface area contributed by atoms with Crippen molar-refractivity contribution in [3.63, 3.8) is 0 Å². The highest BCUT2D eigenvalue weighted by Gasteiger charge is 2.46. The zero-order chi connectivity index (χ0) is 16.5. The number of aromatic nitrogens is 3. The Morgan fingerprint density at radius 2 is 2.29 bits per heavy atom. The molecule has 0 spiro atoms. The van der Waals surface area contributed by atoms with Crippen molar-refractivity contribution in [2.45, 2.75) is 44.6 Å². The highest BCUT2D eigenvalue weighted by atomic mass is 16.2. The summed E-state index contributed by atoms with van der Waals surface area (Å²) < 4.78 is 2.27. The summed E-state index contributed by atoms with van der Waals surface area (Å²) in [6.45, 7) is 3.84. The molecule has 3 atom stereocenters. The van der Waals surface area contributed by atoms with Crippen LogP contribution in [0.2, 0.25) is 0 Å². The molecule has 1 aliphatic heterocycles. The van der Waals surface area contributed by atoms with Gasteiger partial charge in [-0.05, 0) is 36.8 Å². The number of amides is 1. The number of carbonyl (C=O) groups excluding carboxylic acids is 1. The molecule has 5 heteroatoms. The summed E-state index contributed by atoms with van der Waals surface area (Å²) in [7, 11) is 0. The van der Waals surface area contributed by atoms with Gasteiger partial charge >= 0.3 is 0 Å². The van der Waals surface area contributed by atoms with Gasteiger partial charge in [0.2, 0.25) is 5.91 Å². The van der Waals surface area contributed by atoms with E-state index in [9.17, 15) is 4.79 Å². The van der Waals surface area contributed by atoms with E-state index in [0.717, 1.165) is 44.6 Å². The average Bonchev–Trinajstić information content (AvgIpc) is 3.30. The summed E-state index contributed by atoms with van der Waals surface area (Å²) in [5.41, 5.74) is 1.20. The largest absolute Gasteiger partial charge is 0.340 e. The van der Waals surface area contributed by atoms with Gasteiger partial charge in [-0.15, -0.1) is 0 Å². The molecule has 1 saturated carbocycles. The van der Waals surface area contributed by atoms with Crippen LogP contribution in [0, 0.1) is 5.92 Å². The molecule has 2 fully saturated rings. The number of carbonyl (C=O) groups is 1. The van der Waals surface area contributed by atoms with Gasteiger partial charge in [0, 0.05) is 50.2 Å². The second kappa shape index (κ2) is 6.38. The number of rotatable bonds is 4. The van der Waals surface area contributed by atoms with E-state index in [4.69, 9.17) is 0 Å². The molecule has 0 bridgehead atoms. The Kier molecular flexibility index (Phi) is 4.08. The maximum absolute atomic E-state index is 12.9. The molecule has 1 amide bonds. The van der Waals surface area contributed by atoms with Crippen LogP contribution < -0.4 is 0 Å². The van der Waals surface area contributed by atoms with E-state index in [1.54, 1.807) is 6.20 Å². The number of imidazole rings is 1. The smallest absolute Gasteiger partial charge is 0.226 e. The zero-order valence-corrected chi connectivity index (χ0v) is 14.1. The van der Waals surface area contributed by atoms with E-state index < -0.39 is 0 Å². The summed E-state index contributed by atoms with van der Waals surface area (Å²) in [6.07, 6.45) is 11.7. The van der Waals surface area contributed by atoms with Gasteiger partial charge < -0.3 is 9.47 Å². The molecule has 1 aliphatic carbocycles. The Morgan fingerprint density at radius 1 is 1.38 bits per heavy atom. The van der Waals surface area contributed by atoms with Gasteiger partial charge in [0.15, 0.2) is 0 Å². The normalized spacial score (nSPS) is 26.4. The highest BCUT2D eigenvalue weighted by molar-refractivity contribution is 5.83. The van der Waals surface area contributed by atoms with Crippen LogP contribution in [0.1, 0.15) is 49.5 Å². The second-order valence-electron chi connectivity index (χ2n) is 6.92. The first kappa shape index (κ1) is 15.4. The van der Waals surface area contributed by atoms with Crippen LogP contribution in [0.25, 0.3) is 0 Å². The molecule has 2 aliphatic rings. The van der Waals surface area contributed by atoms with Gasteiger partial charge in [-0.1, -0.05) is 13.0 Å². The van der Waals surface area contributed by atoms with Gasteiger partial charge in [0.1, 0.15) is 5.82 Å². The summed E-state index contributed by atoms with van der Waals surface area (Å²) >= 11 is 0. The van der Waals surface area contributed by atoms with Gasteiger partial charge in [-0.3, -0.25) is 9.78 Å². The standard InChI is InChI=1S/C19H24N4O/c1-2-18-21-8-10-23(18)15-6-4-9-22(13-15)19(24)17-11-16(17)14-5-3-7-20-12-14/h3,5,7-8,10,12,15-17H,2,4,6,9,11,13H2,1H3/t15-,16+,17-/m1/s1. The Hall–Kier alpha value is -2.17. The maximum Gasteiger partial charge on any atom is 0.226 e. The third-order valence-electron chi connectivity index (χ3n) is 5.39. The molecular formula is C19H24N4O. The van der Waals surface area contributed by atoms with Crippen LogP contribution in [0.15, 0.2) is 36.9 Å². The van der Waals surface area contributed by atoms with Gasteiger partial charge in [0.05, 0.1) is 6.04 Å². The first-order valence-corrected chi connectivity index (χ1v) is 8.98. The molecule has 0 unspecified atom stereocenters. The van der Waals surface area contributed by atoms with E-state index in [1.165, 1.54) is 5.56 Å². The predicted molar refractivity (Wildman–Crippen MR) is 91.5 cm³/mol. The predicted octanol–water partition coefficient (Wildman–Crippen LogP) is 2.81. The van der Waals surface area contributed by atoms with Crippen molar-refractivity contribution in [1.82, 2.24) is 19.4 Å². The first-order valence-electron chi connectivity index (χ1n) is 8.98. The first-order chi connectivity index (χ1) is 11.8. The maximum atomic E-state index is 12.9.